The van der Waals surface area contributed by atoms with Gasteiger partial charge in [0.25, 0.3) is 11.1 Å². The first kappa shape index (κ1) is 24.3. The quantitative estimate of drug-likeness (QED) is 0.140. The highest BCUT2D eigenvalue weighted by atomic mass is 127. The zero-order valence-corrected chi connectivity index (χ0v) is 21.5. The molecule has 0 spiro atoms. The Balaban J connectivity index is 1.54. The first-order chi connectivity index (χ1) is 16.3. The Hall–Kier alpha value is -2.82. The van der Waals surface area contributed by atoms with Crippen LogP contribution in [-0.4, -0.2) is 29.1 Å². The van der Waals surface area contributed by atoms with E-state index in [1.165, 1.54) is 12.0 Å². The second-order valence-corrected chi connectivity index (χ2v) is 9.88. The largest absolute Gasteiger partial charge is 0.493 e. The minimum absolute atomic E-state index is 0.189. The predicted molar refractivity (Wildman–Crippen MR) is 140 cm³/mol. The van der Waals surface area contributed by atoms with Crippen molar-refractivity contribution in [3.63, 3.8) is 0 Å². The lowest BCUT2D eigenvalue weighted by Crippen LogP contribution is -2.27. The third-order valence-electron chi connectivity index (χ3n) is 4.90. The molecular formula is C25H17ClINO5S. The van der Waals surface area contributed by atoms with Gasteiger partial charge >= 0.3 is 5.97 Å². The number of carbonyl (C=O) groups is 3. The molecule has 3 aromatic carbocycles. The van der Waals surface area contributed by atoms with E-state index >= 15 is 0 Å². The highest BCUT2D eigenvalue weighted by Crippen LogP contribution is 2.35. The van der Waals surface area contributed by atoms with Gasteiger partial charge in [-0.15, -0.1) is 0 Å². The molecule has 1 saturated heterocycles. The molecule has 34 heavy (non-hydrogen) atoms. The van der Waals surface area contributed by atoms with E-state index in [9.17, 15) is 14.4 Å². The molecule has 0 unspecified atom stereocenters. The van der Waals surface area contributed by atoms with Gasteiger partial charge in [-0.1, -0.05) is 29.8 Å². The molecule has 1 aliphatic heterocycles. The number of thioether (sulfide) groups is 1. The Bertz CT molecular complexity index is 1290. The van der Waals surface area contributed by atoms with Gasteiger partial charge < -0.3 is 9.47 Å². The van der Waals surface area contributed by atoms with Crippen LogP contribution < -0.4 is 9.47 Å². The average Bonchev–Trinajstić information content (AvgIpc) is 3.08. The lowest BCUT2D eigenvalue weighted by atomic mass is 10.1. The van der Waals surface area contributed by atoms with Crippen LogP contribution in [0.25, 0.3) is 6.08 Å². The number of imide groups is 1. The highest BCUT2D eigenvalue weighted by molar-refractivity contribution is 14.1. The van der Waals surface area contributed by atoms with Gasteiger partial charge in [0.15, 0.2) is 11.5 Å². The van der Waals surface area contributed by atoms with Crippen LogP contribution in [0, 0.1) is 3.57 Å². The van der Waals surface area contributed by atoms with Crippen molar-refractivity contribution in [3.05, 3.63) is 96.9 Å². The molecule has 4 rings (SSSR count). The van der Waals surface area contributed by atoms with Crippen LogP contribution in [0.3, 0.4) is 0 Å². The summed E-state index contributed by atoms with van der Waals surface area (Å²) in [5, 5.41) is 0.171. The van der Waals surface area contributed by atoms with E-state index in [-0.39, 0.29) is 28.3 Å². The second-order valence-electron chi connectivity index (χ2n) is 7.20. The summed E-state index contributed by atoms with van der Waals surface area (Å²) in [5.41, 5.74) is 1.78. The van der Waals surface area contributed by atoms with Crippen molar-refractivity contribution < 1.29 is 23.9 Å². The molecular weight excluding hydrogens is 589 g/mol. The van der Waals surface area contributed by atoms with Crippen LogP contribution >= 0.6 is 46.0 Å². The summed E-state index contributed by atoms with van der Waals surface area (Å²) in [4.78, 5) is 39.4. The van der Waals surface area contributed by atoms with Crippen LogP contribution in [0.5, 0.6) is 11.5 Å². The third-order valence-corrected chi connectivity index (χ3v) is 6.77. The van der Waals surface area contributed by atoms with Gasteiger partial charge in [-0.25, -0.2) is 4.79 Å². The highest BCUT2D eigenvalue weighted by Gasteiger charge is 2.35. The summed E-state index contributed by atoms with van der Waals surface area (Å²) >= 11 is 8.94. The number of amides is 2. The van der Waals surface area contributed by atoms with Crippen LogP contribution in [0.15, 0.2) is 71.6 Å². The molecule has 1 aliphatic rings. The van der Waals surface area contributed by atoms with E-state index in [1.807, 2.05) is 24.3 Å². The van der Waals surface area contributed by atoms with Crippen LogP contribution in [0.2, 0.25) is 5.02 Å². The maximum atomic E-state index is 12.9. The van der Waals surface area contributed by atoms with Crippen LogP contribution in [0.1, 0.15) is 21.5 Å². The van der Waals surface area contributed by atoms with Crippen molar-refractivity contribution >= 4 is 69.1 Å². The van der Waals surface area contributed by atoms with Gasteiger partial charge in [0.2, 0.25) is 0 Å². The van der Waals surface area contributed by atoms with E-state index in [2.05, 4.69) is 22.6 Å². The Kier molecular flexibility index (Phi) is 7.60. The van der Waals surface area contributed by atoms with Crippen molar-refractivity contribution in [2.45, 2.75) is 6.54 Å². The predicted octanol–water partition coefficient (Wildman–Crippen LogP) is 6.41. The third kappa shape index (κ3) is 5.63. The summed E-state index contributed by atoms with van der Waals surface area (Å²) in [6.07, 6.45) is 1.60. The molecule has 0 N–H and O–H groups in total. The van der Waals surface area contributed by atoms with E-state index in [4.69, 9.17) is 21.1 Å². The lowest BCUT2D eigenvalue weighted by Gasteiger charge is -2.12. The molecule has 0 radical (unpaired) electrons. The molecule has 172 valence electrons. The molecule has 6 nitrogen and oxygen atoms in total. The Morgan fingerprint density at radius 2 is 1.74 bits per heavy atom. The van der Waals surface area contributed by atoms with Crippen molar-refractivity contribution in [3.8, 4) is 11.5 Å². The Labute approximate surface area is 219 Å². The van der Waals surface area contributed by atoms with Gasteiger partial charge in [0.1, 0.15) is 0 Å². The second kappa shape index (κ2) is 10.6. The number of methoxy groups -OCH3 is 1. The standard InChI is InChI=1S/C25H17ClINO5S/c1-32-20-11-4-16(12-21(20)33-24(30)17-5-7-18(26)8-6-17)13-22-23(29)28(25(31)34-22)14-15-2-9-19(27)10-3-15/h2-13H,14H2,1H3/b22-13-. The first-order valence-electron chi connectivity index (χ1n) is 9.99. The molecule has 1 fully saturated rings. The number of esters is 1. The number of nitrogens with zero attached hydrogens (tertiary/aromatic N) is 1. The van der Waals surface area contributed by atoms with Gasteiger partial charge in [0.05, 0.1) is 24.1 Å². The normalized spacial score (nSPS) is 14.6. The smallest absolute Gasteiger partial charge is 0.343 e. The minimum Gasteiger partial charge on any atom is -0.493 e. The van der Waals surface area contributed by atoms with Crippen LogP contribution in [-0.2, 0) is 11.3 Å². The SMILES string of the molecule is COc1ccc(/C=C2\SC(=O)N(Cc3ccc(I)cc3)C2=O)cc1OC(=O)c1ccc(Cl)cc1. The van der Waals surface area contributed by atoms with Gasteiger partial charge in [-0.05, 0) is 100 Å². The zero-order chi connectivity index (χ0) is 24.2. The van der Waals surface area contributed by atoms with E-state index in [1.54, 1.807) is 48.5 Å². The number of carbonyl (C=O) groups excluding carboxylic acids is 3. The number of benzene rings is 3. The maximum absolute atomic E-state index is 12.9. The minimum atomic E-state index is -0.579. The van der Waals surface area contributed by atoms with Gasteiger partial charge in [-0.3, -0.25) is 14.5 Å². The summed E-state index contributed by atoms with van der Waals surface area (Å²) in [6, 6.07) is 18.9. The molecule has 0 saturated carbocycles. The van der Waals surface area contributed by atoms with Crippen molar-refractivity contribution in [1.29, 1.82) is 0 Å². The summed E-state index contributed by atoms with van der Waals surface area (Å²) in [7, 11) is 1.46. The molecule has 0 aromatic heterocycles. The fourth-order valence-electron chi connectivity index (χ4n) is 3.17. The fraction of sp³-hybridized carbons (Fsp3) is 0.0800. The number of ether oxygens (including phenoxy) is 2. The Morgan fingerprint density at radius 1 is 1.03 bits per heavy atom. The number of halogens is 2. The van der Waals surface area contributed by atoms with Gasteiger partial charge in [0, 0.05) is 8.59 Å². The molecule has 0 aliphatic carbocycles. The molecule has 0 atom stereocenters. The fourth-order valence-corrected chi connectivity index (χ4v) is 4.49. The van der Waals surface area contributed by atoms with E-state index in [0.717, 1.165) is 20.9 Å². The van der Waals surface area contributed by atoms with E-state index < -0.39 is 5.97 Å². The molecule has 0 bridgehead atoms. The topological polar surface area (TPSA) is 72.9 Å². The maximum Gasteiger partial charge on any atom is 0.343 e. The lowest BCUT2D eigenvalue weighted by molar-refractivity contribution is -0.123. The first-order valence-corrected chi connectivity index (χ1v) is 12.3. The summed E-state index contributed by atoms with van der Waals surface area (Å²) < 4.78 is 11.9. The number of hydrogen-bond donors (Lipinski definition) is 0. The Morgan fingerprint density at radius 3 is 2.41 bits per heavy atom. The number of rotatable bonds is 6. The van der Waals surface area contributed by atoms with Crippen molar-refractivity contribution in [2.24, 2.45) is 0 Å². The zero-order valence-electron chi connectivity index (χ0n) is 17.8. The van der Waals surface area contributed by atoms with Gasteiger partial charge in [-0.2, -0.15) is 0 Å². The average molecular weight is 606 g/mol. The monoisotopic (exact) mass is 605 g/mol. The molecule has 2 amide bonds. The van der Waals surface area contributed by atoms with E-state index in [0.29, 0.717) is 21.9 Å². The van der Waals surface area contributed by atoms with Crippen LogP contribution in [0.4, 0.5) is 4.79 Å². The molecule has 1 heterocycles. The number of hydrogen-bond acceptors (Lipinski definition) is 6. The molecule has 3 aromatic rings. The summed E-state index contributed by atoms with van der Waals surface area (Å²) in [6.45, 7) is 0.200. The summed E-state index contributed by atoms with van der Waals surface area (Å²) in [5.74, 6) is -0.408. The van der Waals surface area contributed by atoms with Crippen molar-refractivity contribution in [2.75, 3.05) is 7.11 Å². The molecule has 9 heteroatoms. The van der Waals surface area contributed by atoms with Crippen molar-refractivity contribution in [1.82, 2.24) is 4.90 Å².